The van der Waals surface area contributed by atoms with Gasteiger partial charge in [-0.3, -0.25) is 4.90 Å². The molecule has 2 aliphatic heterocycles. The molecule has 0 aromatic rings. The van der Waals surface area contributed by atoms with Crippen LogP contribution in [0.3, 0.4) is 0 Å². The molecule has 2 rings (SSSR count). The van der Waals surface area contributed by atoms with Crippen molar-refractivity contribution in [1.29, 1.82) is 0 Å². The summed E-state index contributed by atoms with van der Waals surface area (Å²) in [5.74, 6) is 0. The van der Waals surface area contributed by atoms with E-state index in [1.165, 1.54) is 38.6 Å². The second kappa shape index (κ2) is 5.50. The minimum absolute atomic E-state index is 0.403. The summed E-state index contributed by atoms with van der Waals surface area (Å²) in [6.07, 6.45) is 9.24. The van der Waals surface area contributed by atoms with E-state index in [1.54, 1.807) is 0 Å². The molecule has 1 N–H and O–H groups in total. The van der Waals surface area contributed by atoms with Gasteiger partial charge in [0, 0.05) is 29.4 Å². The van der Waals surface area contributed by atoms with Gasteiger partial charge >= 0.3 is 0 Å². The van der Waals surface area contributed by atoms with E-state index in [1.807, 2.05) is 11.8 Å². The van der Waals surface area contributed by atoms with Crippen molar-refractivity contribution in [3.63, 3.8) is 0 Å². The normalized spacial score (nSPS) is 34.9. The summed E-state index contributed by atoms with van der Waals surface area (Å²) in [6, 6.07) is 2.44. The molecule has 17 heavy (non-hydrogen) atoms. The van der Waals surface area contributed by atoms with Gasteiger partial charge in [0.15, 0.2) is 0 Å². The Morgan fingerprint density at radius 1 is 1.24 bits per heavy atom. The Labute approximate surface area is 111 Å². The lowest BCUT2D eigenvalue weighted by Crippen LogP contribution is -2.58. The van der Waals surface area contributed by atoms with Gasteiger partial charge in [-0.05, 0) is 52.8 Å². The second-order valence-electron chi connectivity index (χ2n) is 6.33. The topological polar surface area (TPSA) is 15.3 Å². The molecule has 0 aromatic carbocycles. The molecule has 100 valence electrons. The first-order valence-electron chi connectivity index (χ1n) is 7.04. The van der Waals surface area contributed by atoms with Crippen LogP contribution in [0.15, 0.2) is 0 Å². The zero-order chi connectivity index (χ0) is 12.5. The minimum atomic E-state index is 0.403. The molecule has 3 heteroatoms. The van der Waals surface area contributed by atoms with E-state index in [4.69, 9.17) is 0 Å². The zero-order valence-corrected chi connectivity index (χ0v) is 12.6. The third-order valence-corrected chi connectivity index (χ3v) is 5.88. The van der Waals surface area contributed by atoms with E-state index >= 15 is 0 Å². The summed E-state index contributed by atoms with van der Waals surface area (Å²) in [5.41, 5.74) is 0. The van der Waals surface area contributed by atoms with Crippen LogP contribution in [0.5, 0.6) is 0 Å². The minimum Gasteiger partial charge on any atom is -0.317 e. The van der Waals surface area contributed by atoms with E-state index in [0.717, 1.165) is 18.1 Å². The van der Waals surface area contributed by atoms with Crippen molar-refractivity contribution in [1.82, 2.24) is 10.2 Å². The molecule has 0 aromatic heterocycles. The first-order valence-corrected chi connectivity index (χ1v) is 8.26. The van der Waals surface area contributed by atoms with Gasteiger partial charge in [0.1, 0.15) is 0 Å². The van der Waals surface area contributed by atoms with Crippen LogP contribution >= 0.6 is 11.8 Å². The Balaban J connectivity index is 2.02. The number of rotatable bonds is 4. The Morgan fingerprint density at radius 3 is 2.29 bits per heavy atom. The second-order valence-corrected chi connectivity index (χ2v) is 7.85. The molecule has 2 saturated heterocycles. The molecule has 2 bridgehead atoms. The van der Waals surface area contributed by atoms with Crippen molar-refractivity contribution in [2.24, 2.45) is 0 Å². The standard InChI is InChI=1S/C14H28N2S/c1-14(2,17-4)10-16-12-6-5-7-13(16)9-11(8-12)15-3/h11-13,15H,5-10H2,1-4H3. The van der Waals surface area contributed by atoms with E-state index in [2.05, 4.69) is 37.4 Å². The van der Waals surface area contributed by atoms with E-state index in [9.17, 15) is 0 Å². The first-order chi connectivity index (χ1) is 8.05. The average Bonchev–Trinajstić information content (AvgIpc) is 2.28. The Kier molecular flexibility index (Phi) is 4.43. The summed E-state index contributed by atoms with van der Waals surface area (Å²) in [6.45, 7) is 6.04. The number of hydrogen-bond acceptors (Lipinski definition) is 3. The van der Waals surface area contributed by atoms with Crippen molar-refractivity contribution in [2.45, 2.75) is 68.8 Å². The number of nitrogens with zero attached hydrogens (tertiary/aromatic N) is 1. The summed E-state index contributed by atoms with van der Waals surface area (Å²) < 4.78 is 0.403. The van der Waals surface area contributed by atoms with Gasteiger partial charge in [-0.2, -0.15) is 11.8 Å². The van der Waals surface area contributed by atoms with Gasteiger partial charge in [-0.25, -0.2) is 0 Å². The van der Waals surface area contributed by atoms with Gasteiger partial charge in [0.05, 0.1) is 0 Å². The molecule has 0 saturated carbocycles. The number of fused-ring (bicyclic) bond motifs is 2. The molecule has 2 nitrogen and oxygen atoms in total. The quantitative estimate of drug-likeness (QED) is 0.832. The van der Waals surface area contributed by atoms with Crippen LogP contribution in [0.2, 0.25) is 0 Å². The summed E-state index contributed by atoms with van der Waals surface area (Å²) in [7, 11) is 2.13. The lowest BCUT2D eigenvalue weighted by atomic mass is 9.81. The van der Waals surface area contributed by atoms with Crippen LogP contribution < -0.4 is 5.32 Å². The molecule has 2 atom stereocenters. The fourth-order valence-corrected chi connectivity index (χ4v) is 3.75. The van der Waals surface area contributed by atoms with Crippen molar-refractivity contribution in [2.75, 3.05) is 19.8 Å². The zero-order valence-electron chi connectivity index (χ0n) is 11.8. The molecule has 2 heterocycles. The molecule has 0 amide bonds. The van der Waals surface area contributed by atoms with Crippen LogP contribution in [-0.4, -0.2) is 47.6 Å². The van der Waals surface area contributed by atoms with Crippen LogP contribution in [0.25, 0.3) is 0 Å². The van der Waals surface area contributed by atoms with Gasteiger partial charge in [0.2, 0.25) is 0 Å². The molecule has 0 spiro atoms. The first kappa shape index (κ1) is 13.7. The monoisotopic (exact) mass is 256 g/mol. The lowest BCUT2D eigenvalue weighted by molar-refractivity contribution is 0.0208. The molecule has 0 radical (unpaired) electrons. The number of piperidine rings is 2. The third kappa shape index (κ3) is 3.18. The van der Waals surface area contributed by atoms with Crippen molar-refractivity contribution >= 4 is 11.8 Å². The highest BCUT2D eigenvalue weighted by molar-refractivity contribution is 7.99. The molecule has 2 fully saturated rings. The Bertz CT molecular complexity index is 241. The lowest BCUT2D eigenvalue weighted by Gasteiger charge is -2.51. The summed E-state index contributed by atoms with van der Waals surface area (Å²) in [4.78, 5) is 2.83. The smallest absolute Gasteiger partial charge is 0.0228 e. The summed E-state index contributed by atoms with van der Waals surface area (Å²) in [5, 5.41) is 3.50. The maximum Gasteiger partial charge on any atom is 0.0228 e. The molecular formula is C14H28N2S. The highest BCUT2D eigenvalue weighted by Crippen LogP contribution is 2.36. The predicted molar refractivity (Wildman–Crippen MR) is 77.8 cm³/mol. The van der Waals surface area contributed by atoms with E-state index in [-0.39, 0.29) is 0 Å². The molecule has 2 unspecified atom stereocenters. The molecule has 2 aliphatic rings. The summed E-state index contributed by atoms with van der Waals surface area (Å²) >= 11 is 2.01. The molecule has 0 aliphatic carbocycles. The van der Waals surface area contributed by atoms with Crippen LogP contribution in [0, 0.1) is 0 Å². The van der Waals surface area contributed by atoms with E-state index < -0.39 is 0 Å². The van der Waals surface area contributed by atoms with Gasteiger partial charge < -0.3 is 5.32 Å². The number of thioether (sulfide) groups is 1. The maximum atomic E-state index is 3.50. The Morgan fingerprint density at radius 2 is 1.82 bits per heavy atom. The van der Waals surface area contributed by atoms with Gasteiger partial charge in [-0.15, -0.1) is 0 Å². The van der Waals surface area contributed by atoms with Crippen molar-refractivity contribution < 1.29 is 0 Å². The average molecular weight is 256 g/mol. The fraction of sp³-hybridized carbons (Fsp3) is 1.00. The maximum absolute atomic E-state index is 3.50. The largest absolute Gasteiger partial charge is 0.317 e. The van der Waals surface area contributed by atoms with Crippen LogP contribution in [-0.2, 0) is 0 Å². The Hall–Kier alpha value is 0.270. The van der Waals surface area contributed by atoms with Gasteiger partial charge in [0.25, 0.3) is 0 Å². The fourth-order valence-electron chi connectivity index (χ4n) is 3.48. The number of hydrogen-bond donors (Lipinski definition) is 1. The highest BCUT2D eigenvalue weighted by Gasteiger charge is 2.39. The van der Waals surface area contributed by atoms with Crippen LogP contribution in [0.4, 0.5) is 0 Å². The highest BCUT2D eigenvalue weighted by atomic mass is 32.2. The van der Waals surface area contributed by atoms with Crippen molar-refractivity contribution in [3.05, 3.63) is 0 Å². The third-order valence-electron chi connectivity index (χ3n) is 4.65. The van der Waals surface area contributed by atoms with E-state index in [0.29, 0.717) is 4.75 Å². The number of nitrogens with one attached hydrogen (secondary N) is 1. The van der Waals surface area contributed by atoms with Crippen LogP contribution in [0.1, 0.15) is 46.0 Å². The SMILES string of the molecule is CNC1CC2CCCC(C1)N2CC(C)(C)SC. The predicted octanol–water partition coefficient (Wildman–Crippen LogP) is 2.73. The van der Waals surface area contributed by atoms with Crippen molar-refractivity contribution in [3.8, 4) is 0 Å². The molecular weight excluding hydrogens is 228 g/mol. The van der Waals surface area contributed by atoms with Gasteiger partial charge in [-0.1, -0.05) is 6.42 Å².